The van der Waals surface area contributed by atoms with E-state index in [2.05, 4.69) is 11.9 Å². The van der Waals surface area contributed by atoms with Crippen LogP contribution in [0, 0.1) is 5.41 Å². The van der Waals surface area contributed by atoms with Crippen molar-refractivity contribution in [3.05, 3.63) is 18.5 Å². The largest absolute Gasteiger partial charge is 0.396 e. The fraction of sp³-hybridized carbons (Fsp3) is 0.538. The zero-order chi connectivity index (χ0) is 12.5. The first kappa shape index (κ1) is 11.9. The molecule has 0 aromatic carbocycles. The summed E-state index contributed by atoms with van der Waals surface area (Å²) in [6.45, 7) is 2.05. The van der Waals surface area contributed by atoms with Crippen molar-refractivity contribution >= 4 is 17.3 Å². The number of nitrogens with zero attached hydrogens (tertiary/aromatic N) is 2. The first-order valence-corrected chi connectivity index (χ1v) is 6.02. The van der Waals surface area contributed by atoms with Gasteiger partial charge in [-0.2, -0.15) is 0 Å². The van der Waals surface area contributed by atoms with Crippen molar-refractivity contribution in [3.63, 3.8) is 0 Å². The van der Waals surface area contributed by atoms with Gasteiger partial charge in [0.15, 0.2) is 0 Å². The highest BCUT2D eigenvalue weighted by Crippen LogP contribution is 2.40. The normalized spacial score (nSPS) is 18.0. The van der Waals surface area contributed by atoms with Crippen molar-refractivity contribution in [2.75, 3.05) is 17.7 Å². The first-order chi connectivity index (χ1) is 8.04. The zero-order valence-electron chi connectivity index (χ0n) is 10.4. The molecule has 1 aromatic heterocycles. The van der Waals surface area contributed by atoms with Crippen molar-refractivity contribution < 1.29 is 4.79 Å². The van der Waals surface area contributed by atoms with E-state index in [4.69, 9.17) is 5.73 Å². The van der Waals surface area contributed by atoms with E-state index >= 15 is 0 Å². The lowest BCUT2D eigenvalue weighted by atomic mass is 9.87. The molecule has 2 rings (SSSR count). The van der Waals surface area contributed by atoms with Gasteiger partial charge in [-0.25, -0.2) is 0 Å². The minimum Gasteiger partial charge on any atom is -0.396 e. The van der Waals surface area contributed by atoms with Gasteiger partial charge in [0.25, 0.3) is 0 Å². The van der Waals surface area contributed by atoms with E-state index in [1.54, 1.807) is 30.4 Å². The van der Waals surface area contributed by atoms with Gasteiger partial charge in [0, 0.05) is 18.7 Å². The van der Waals surface area contributed by atoms with Crippen LogP contribution in [0.4, 0.5) is 11.4 Å². The molecule has 1 aliphatic carbocycles. The molecule has 1 saturated carbocycles. The van der Waals surface area contributed by atoms with Crippen LogP contribution >= 0.6 is 0 Å². The van der Waals surface area contributed by atoms with E-state index in [1.165, 1.54) is 0 Å². The summed E-state index contributed by atoms with van der Waals surface area (Å²) in [6, 6.07) is 1.78. The van der Waals surface area contributed by atoms with Gasteiger partial charge in [-0.1, -0.05) is 19.8 Å². The van der Waals surface area contributed by atoms with Gasteiger partial charge in [0.1, 0.15) is 0 Å². The molecule has 0 unspecified atom stereocenters. The predicted octanol–water partition coefficient (Wildman–Crippen LogP) is 2.21. The summed E-state index contributed by atoms with van der Waals surface area (Å²) >= 11 is 0. The topological polar surface area (TPSA) is 59.2 Å². The molecule has 1 fully saturated rings. The Morgan fingerprint density at radius 3 is 2.71 bits per heavy atom. The molecule has 1 aliphatic rings. The highest BCUT2D eigenvalue weighted by molar-refractivity contribution is 5.99. The van der Waals surface area contributed by atoms with Crippen LogP contribution in [0.1, 0.15) is 32.6 Å². The van der Waals surface area contributed by atoms with Crippen LogP contribution in [0.3, 0.4) is 0 Å². The van der Waals surface area contributed by atoms with Gasteiger partial charge < -0.3 is 10.6 Å². The Morgan fingerprint density at radius 2 is 2.12 bits per heavy atom. The second kappa shape index (κ2) is 4.35. The third kappa shape index (κ3) is 2.12. The van der Waals surface area contributed by atoms with Crippen molar-refractivity contribution in [3.8, 4) is 0 Å². The summed E-state index contributed by atoms with van der Waals surface area (Å²) in [6.07, 6.45) is 7.47. The van der Waals surface area contributed by atoms with Gasteiger partial charge in [0.05, 0.1) is 17.6 Å². The van der Waals surface area contributed by atoms with E-state index in [9.17, 15) is 4.79 Å². The van der Waals surface area contributed by atoms with E-state index in [0.29, 0.717) is 5.69 Å². The number of amides is 1. The Labute approximate surface area is 102 Å². The molecule has 0 bridgehead atoms. The number of aromatic nitrogens is 1. The summed E-state index contributed by atoms with van der Waals surface area (Å²) in [4.78, 5) is 18.1. The maximum Gasteiger partial charge on any atom is 0.232 e. The Bertz CT molecular complexity index is 424. The number of anilines is 2. The van der Waals surface area contributed by atoms with Crippen molar-refractivity contribution in [2.24, 2.45) is 5.41 Å². The number of carbonyl (C=O) groups excluding carboxylic acids is 1. The molecule has 2 N–H and O–H groups in total. The maximum atomic E-state index is 12.5. The second-order valence-electron chi connectivity index (χ2n) is 5.07. The lowest BCUT2D eigenvalue weighted by Crippen LogP contribution is -2.39. The van der Waals surface area contributed by atoms with Crippen LogP contribution in [0.25, 0.3) is 0 Å². The van der Waals surface area contributed by atoms with Crippen molar-refractivity contribution in [1.29, 1.82) is 0 Å². The smallest absolute Gasteiger partial charge is 0.232 e. The molecule has 0 radical (unpaired) electrons. The molecule has 92 valence electrons. The Kier molecular flexibility index (Phi) is 3.05. The Balaban J connectivity index is 2.23. The Hall–Kier alpha value is -1.58. The number of nitrogens with two attached hydrogens (primary N) is 1. The number of nitrogen functional groups attached to an aromatic ring is 1. The van der Waals surface area contributed by atoms with Gasteiger partial charge in [-0.15, -0.1) is 0 Å². The standard InChI is InChI=1S/C13H19N3O/c1-13(6-3-4-7-13)12(17)16(2)11-5-8-15-9-10(11)14/h5,8-9H,3-4,6-7,14H2,1-2H3. The Morgan fingerprint density at radius 1 is 1.47 bits per heavy atom. The molecule has 0 saturated heterocycles. The second-order valence-corrected chi connectivity index (χ2v) is 5.07. The number of hydrogen-bond donors (Lipinski definition) is 1. The number of carbonyl (C=O) groups is 1. The third-order valence-electron chi connectivity index (χ3n) is 3.72. The maximum absolute atomic E-state index is 12.5. The van der Waals surface area contributed by atoms with Gasteiger partial charge in [-0.05, 0) is 18.9 Å². The minimum absolute atomic E-state index is 0.160. The summed E-state index contributed by atoms with van der Waals surface area (Å²) in [5, 5.41) is 0. The number of rotatable bonds is 2. The molecule has 0 atom stereocenters. The van der Waals surface area contributed by atoms with E-state index < -0.39 is 0 Å². The van der Waals surface area contributed by atoms with Crippen molar-refractivity contribution in [1.82, 2.24) is 4.98 Å². The average molecular weight is 233 g/mol. The minimum atomic E-state index is -0.218. The SMILES string of the molecule is CN(C(=O)C1(C)CCCC1)c1ccncc1N. The fourth-order valence-electron chi connectivity index (χ4n) is 2.59. The molecule has 1 heterocycles. The summed E-state index contributed by atoms with van der Waals surface area (Å²) in [5.41, 5.74) is 6.92. The van der Waals surface area contributed by atoms with Crippen LogP contribution in [0.5, 0.6) is 0 Å². The predicted molar refractivity (Wildman–Crippen MR) is 68.6 cm³/mol. The number of pyridine rings is 1. The van der Waals surface area contributed by atoms with E-state index in [-0.39, 0.29) is 11.3 Å². The quantitative estimate of drug-likeness (QED) is 0.852. The molecule has 1 amide bonds. The summed E-state index contributed by atoms with van der Waals surface area (Å²) in [7, 11) is 1.79. The van der Waals surface area contributed by atoms with Crippen LogP contribution < -0.4 is 10.6 Å². The lowest BCUT2D eigenvalue weighted by molar-refractivity contribution is -0.126. The molecule has 1 aromatic rings. The van der Waals surface area contributed by atoms with Crippen LogP contribution in [-0.2, 0) is 4.79 Å². The highest BCUT2D eigenvalue weighted by atomic mass is 16.2. The van der Waals surface area contributed by atoms with Crippen LogP contribution in [-0.4, -0.2) is 17.9 Å². The van der Waals surface area contributed by atoms with Crippen LogP contribution in [0.2, 0.25) is 0 Å². The molecule has 4 nitrogen and oxygen atoms in total. The number of hydrogen-bond acceptors (Lipinski definition) is 3. The first-order valence-electron chi connectivity index (χ1n) is 6.02. The van der Waals surface area contributed by atoms with Gasteiger partial charge in [-0.3, -0.25) is 9.78 Å². The monoisotopic (exact) mass is 233 g/mol. The van der Waals surface area contributed by atoms with Crippen molar-refractivity contribution in [2.45, 2.75) is 32.6 Å². The molecule has 0 aliphatic heterocycles. The molecular weight excluding hydrogens is 214 g/mol. The highest BCUT2D eigenvalue weighted by Gasteiger charge is 2.38. The zero-order valence-corrected chi connectivity index (χ0v) is 10.4. The lowest BCUT2D eigenvalue weighted by Gasteiger charge is -2.29. The van der Waals surface area contributed by atoms with E-state index in [0.717, 1.165) is 31.4 Å². The molecule has 4 heteroatoms. The summed E-state index contributed by atoms with van der Waals surface area (Å²) in [5.74, 6) is 0.160. The fourth-order valence-corrected chi connectivity index (χ4v) is 2.59. The third-order valence-corrected chi connectivity index (χ3v) is 3.72. The van der Waals surface area contributed by atoms with Gasteiger partial charge >= 0.3 is 0 Å². The molecule has 17 heavy (non-hydrogen) atoms. The summed E-state index contributed by atoms with van der Waals surface area (Å²) < 4.78 is 0. The van der Waals surface area contributed by atoms with Crippen LogP contribution in [0.15, 0.2) is 18.5 Å². The van der Waals surface area contributed by atoms with Gasteiger partial charge in [0.2, 0.25) is 5.91 Å². The molecule has 0 spiro atoms. The van der Waals surface area contributed by atoms with E-state index in [1.807, 2.05) is 0 Å². The molecular formula is C13H19N3O. The average Bonchev–Trinajstić information content (AvgIpc) is 2.76.